The highest BCUT2D eigenvalue weighted by atomic mass is 16.1. The first kappa shape index (κ1) is 11.2. The van der Waals surface area contributed by atoms with Crippen LogP contribution in [0.1, 0.15) is 34.1 Å². The van der Waals surface area contributed by atoms with E-state index in [1.54, 1.807) is 13.0 Å². The van der Waals surface area contributed by atoms with Crippen molar-refractivity contribution >= 4 is 5.78 Å². The second kappa shape index (κ2) is 10.4. The minimum absolute atomic E-state index is 0.127. The van der Waals surface area contributed by atoms with Gasteiger partial charge in [-0.2, -0.15) is 0 Å². The van der Waals surface area contributed by atoms with Crippen molar-refractivity contribution in [3.8, 4) is 0 Å². The molecule has 0 unspecified atom stereocenters. The predicted octanol–water partition coefficient (Wildman–Crippen LogP) is 2.57. The molecule has 0 saturated carbocycles. The summed E-state index contributed by atoms with van der Waals surface area (Å²) in [5.74, 6) is 0.127. The van der Waals surface area contributed by atoms with E-state index in [2.05, 4.69) is 0 Å². The smallest absolute Gasteiger partial charge is 0.152 e. The Bertz CT molecular complexity index is 82.6. The lowest BCUT2D eigenvalue weighted by atomic mass is 10.3. The molecule has 0 N–H and O–H groups in total. The second-order valence-electron chi connectivity index (χ2n) is 1.42. The second-order valence-corrected chi connectivity index (χ2v) is 1.42. The van der Waals surface area contributed by atoms with Crippen LogP contribution in [0, 0.1) is 0 Å². The van der Waals surface area contributed by atoms with Gasteiger partial charge in [0.1, 0.15) is 0 Å². The first-order chi connectivity index (χ1) is 4.27. The first-order valence-corrected chi connectivity index (χ1v) is 3.44. The van der Waals surface area contributed by atoms with Gasteiger partial charge in [0.05, 0.1) is 0 Å². The maximum Gasteiger partial charge on any atom is 0.152 e. The zero-order valence-corrected chi connectivity index (χ0v) is 6.77. The summed E-state index contributed by atoms with van der Waals surface area (Å²) in [4.78, 5) is 10.1. The fourth-order valence-corrected chi connectivity index (χ4v) is 0.284. The Morgan fingerprint density at radius 3 is 2.00 bits per heavy atom. The summed E-state index contributed by atoms with van der Waals surface area (Å²) in [6, 6.07) is 0. The summed E-state index contributed by atoms with van der Waals surface area (Å²) in [6.07, 6.45) is 4.38. The van der Waals surface area contributed by atoms with Crippen LogP contribution in [0.2, 0.25) is 0 Å². The molecule has 0 radical (unpaired) electrons. The van der Waals surface area contributed by atoms with Crippen LogP contribution in [0.25, 0.3) is 0 Å². The molecule has 0 aliphatic carbocycles. The van der Waals surface area contributed by atoms with Crippen LogP contribution in [0.5, 0.6) is 0 Å². The van der Waals surface area contributed by atoms with Gasteiger partial charge < -0.3 is 0 Å². The first-order valence-electron chi connectivity index (χ1n) is 3.44. The van der Waals surface area contributed by atoms with Gasteiger partial charge in [-0.25, -0.2) is 0 Å². The maximum atomic E-state index is 10.1. The SMILES string of the molecule is CC.CC/C=C\C(C)=O. The monoisotopic (exact) mass is 128 g/mol. The Hall–Kier alpha value is -0.590. The van der Waals surface area contributed by atoms with E-state index in [1.165, 1.54) is 0 Å². The fourth-order valence-electron chi connectivity index (χ4n) is 0.284. The van der Waals surface area contributed by atoms with Crippen molar-refractivity contribution in [2.24, 2.45) is 0 Å². The Labute approximate surface area is 57.8 Å². The van der Waals surface area contributed by atoms with E-state index in [9.17, 15) is 4.79 Å². The molecule has 0 heterocycles. The van der Waals surface area contributed by atoms with Crippen LogP contribution in [-0.4, -0.2) is 5.78 Å². The number of rotatable bonds is 2. The third-order valence-corrected chi connectivity index (χ3v) is 0.588. The van der Waals surface area contributed by atoms with Gasteiger partial charge in [0.25, 0.3) is 0 Å². The van der Waals surface area contributed by atoms with Crippen LogP contribution < -0.4 is 0 Å². The highest BCUT2D eigenvalue weighted by Gasteiger charge is 1.75. The van der Waals surface area contributed by atoms with Gasteiger partial charge >= 0.3 is 0 Å². The van der Waals surface area contributed by atoms with Crippen molar-refractivity contribution in [3.05, 3.63) is 12.2 Å². The average Bonchev–Trinajstić information content (AvgIpc) is 1.88. The zero-order chi connectivity index (χ0) is 7.70. The van der Waals surface area contributed by atoms with Crippen molar-refractivity contribution in [2.75, 3.05) is 0 Å². The molecule has 0 fully saturated rings. The topological polar surface area (TPSA) is 17.1 Å². The lowest BCUT2D eigenvalue weighted by Crippen LogP contribution is -1.77. The lowest BCUT2D eigenvalue weighted by molar-refractivity contribution is -0.112. The quantitative estimate of drug-likeness (QED) is 0.522. The number of allylic oxidation sites excluding steroid dienone is 2. The molecule has 0 aromatic heterocycles. The summed E-state index contributed by atoms with van der Waals surface area (Å²) in [5, 5.41) is 0. The van der Waals surface area contributed by atoms with Crippen LogP contribution >= 0.6 is 0 Å². The molecule has 1 heteroatoms. The van der Waals surface area contributed by atoms with E-state index in [-0.39, 0.29) is 5.78 Å². The van der Waals surface area contributed by atoms with Gasteiger partial charge in [-0.3, -0.25) is 4.79 Å². The molecule has 1 nitrogen and oxygen atoms in total. The molecule has 54 valence electrons. The molecule has 0 aromatic rings. The standard InChI is InChI=1S/C6H10O.C2H6/c1-3-4-5-6(2)7;1-2/h4-5H,3H2,1-2H3;1-2H3/b5-4-;. The Morgan fingerprint density at radius 1 is 1.44 bits per heavy atom. The van der Waals surface area contributed by atoms with E-state index in [4.69, 9.17) is 0 Å². The largest absolute Gasteiger partial charge is 0.295 e. The van der Waals surface area contributed by atoms with Crippen molar-refractivity contribution in [2.45, 2.75) is 34.1 Å². The van der Waals surface area contributed by atoms with Crippen LogP contribution in [0.3, 0.4) is 0 Å². The number of hydrogen-bond acceptors (Lipinski definition) is 1. The van der Waals surface area contributed by atoms with Crippen LogP contribution in [-0.2, 0) is 4.79 Å². The van der Waals surface area contributed by atoms with Gasteiger partial charge in [-0.1, -0.05) is 26.8 Å². The molecule has 0 spiro atoms. The molecule has 0 aliphatic heterocycles. The molecule has 0 saturated heterocycles. The molecule has 0 aromatic carbocycles. The Morgan fingerprint density at radius 2 is 1.89 bits per heavy atom. The van der Waals surface area contributed by atoms with E-state index in [1.807, 2.05) is 26.8 Å². The number of hydrogen-bond donors (Lipinski definition) is 0. The lowest BCUT2D eigenvalue weighted by Gasteiger charge is -1.73. The van der Waals surface area contributed by atoms with Gasteiger partial charge in [0, 0.05) is 0 Å². The molecule has 9 heavy (non-hydrogen) atoms. The average molecular weight is 128 g/mol. The Balaban J connectivity index is 0. The van der Waals surface area contributed by atoms with E-state index >= 15 is 0 Å². The van der Waals surface area contributed by atoms with Gasteiger partial charge in [-0.15, -0.1) is 0 Å². The fraction of sp³-hybridized carbons (Fsp3) is 0.625. The van der Waals surface area contributed by atoms with E-state index in [0.717, 1.165) is 6.42 Å². The summed E-state index contributed by atoms with van der Waals surface area (Å²) in [6.45, 7) is 7.55. The maximum absolute atomic E-state index is 10.1. The Kier molecular flexibility index (Phi) is 13.0. The number of carbonyl (C=O) groups excluding carboxylic acids is 1. The third-order valence-electron chi connectivity index (χ3n) is 0.588. The third kappa shape index (κ3) is 18.7. The van der Waals surface area contributed by atoms with Gasteiger partial charge in [-0.05, 0) is 19.4 Å². The minimum atomic E-state index is 0.127. The highest BCUT2D eigenvalue weighted by molar-refractivity contribution is 5.87. The number of ketones is 1. The summed E-state index contributed by atoms with van der Waals surface area (Å²) in [5.41, 5.74) is 0. The van der Waals surface area contributed by atoms with Crippen molar-refractivity contribution in [1.29, 1.82) is 0 Å². The van der Waals surface area contributed by atoms with E-state index in [0.29, 0.717) is 0 Å². The zero-order valence-electron chi connectivity index (χ0n) is 6.77. The minimum Gasteiger partial charge on any atom is -0.295 e. The molecule has 0 rings (SSSR count). The van der Waals surface area contributed by atoms with Crippen LogP contribution in [0.15, 0.2) is 12.2 Å². The molecule has 0 amide bonds. The van der Waals surface area contributed by atoms with Crippen molar-refractivity contribution < 1.29 is 4.79 Å². The summed E-state index contributed by atoms with van der Waals surface area (Å²) in [7, 11) is 0. The molecule has 0 aliphatic rings. The summed E-state index contributed by atoms with van der Waals surface area (Å²) < 4.78 is 0. The van der Waals surface area contributed by atoms with Crippen molar-refractivity contribution in [3.63, 3.8) is 0 Å². The molecule has 0 bridgehead atoms. The van der Waals surface area contributed by atoms with Gasteiger partial charge in [0.2, 0.25) is 0 Å². The van der Waals surface area contributed by atoms with Gasteiger partial charge in [0.15, 0.2) is 5.78 Å². The van der Waals surface area contributed by atoms with Crippen molar-refractivity contribution in [1.82, 2.24) is 0 Å². The number of carbonyl (C=O) groups is 1. The highest BCUT2D eigenvalue weighted by Crippen LogP contribution is 1.78. The predicted molar refractivity (Wildman–Crippen MR) is 41.5 cm³/mol. The molecular formula is C8H16O. The normalized spacial score (nSPS) is 8.44. The van der Waals surface area contributed by atoms with Crippen LogP contribution in [0.4, 0.5) is 0 Å². The van der Waals surface area contributed by atoms with E-state index < -0.39 is 0 Å². The molecule has 0 atom stereocenters. The summed E-state index contributed by atoms with van der Waals surface area (Å²) >= 11 is 0. The molecular weight excluding hydrogens is 112 g/mol.